The predicted molar refractivity (Wildman–Crippen MR) is 80.1 cm³/mol. The molecule has 2 unspecified atom stereocenters. The Kier molecular flexibility index (Phi) is 2.95. The second kappa shape index (κ2) is 4.10. The largest absolute Gasteiger partial charge is 0.384 e. The topological polar surface area (TPSA) is 9.23 Å². The minimum atomic E-state index is 0.443. The highest BCUT2D eigenvalue weighted by Crippen LogP contribution is 2.74. The average Bonchev–Trinajstić information content (AvgIpc) is 2.85. The zero-order valence-corrected chi connectivity index (χ0v) is 13.4. The van der Waals surface area contributed by atoms with E-state index in [9.17, 15) is 0 Å². The van der Waals surface area contributed by atoms with Crippen molar-refractivity contribution in [1.29, 1.82) is 0 Å². The Hall–Kier alpha value is -0.300. The normalized spacial score (nSPS) is 38.7. The Morgan fingerprint density at radius 3 is 2.58 bits per heavy atom. The van der Waals surface area contributed by atoms with Crippen LogP contribution in [0.3, 0.4) is 0 Å². The third-order valence-corrected chi connectivity index (χ3v) is 6.97. The van der Waals surface area contributed by atoms with Crippen molar-refractivity contribution in [2.45, 2.75) is 66.2 Å². The molecule has 1 heteroatoms. The molecule has 0 saturated heterocycles. The smallest absolute Gasteiger partial charge is 0.0499 e. The predicted octanol–water partition coefficient (Wildman–Crippen LogP) is 4.97. The SMILES string of the molecule is COCCC1=C2C(C)(C)C3CCC2(C3)C(C)(C)CC1. The molecule has 108 valence electrons. The van der Waals surface area contributed by atoms with Crippen molar-refractivity contribution in [1.82, 2.24) is 0 Å². The summed E-state index contributed by atoms with van der Waals surface area (Å²) in [5, 5.41) is 0. The number of rotatable bonds is 3. The summed E-state index contributed by atoms with van der Waals surface area (Å²) in [7, 11) is 1.83. The van der Waals surface area contributed by atoms with Crippen molar-refractivity contribution in [2.24, 2.45) is 22.2 Å². The van der Waals surface area contributed by atoms with Gasteiger partial charge in [0, 0.05) is 13.7 Å². The van der Waals surface area contributed by atoms with Crippen LogP contribution in [0.15, 0.2) is 11.1 Å². The molecule has 0 aliphatic heterocycles. The van der Waals surface area contributed by atoms with Gasteiger partial charge in [0.2, 0.25) is 0 Å². The quantitative estimate of drug-likeness (QED) is 0.653. The third-order valence-electron chi connectivity index (χ3n) is 6.97. The maximum Gasteiger partial charge on any atom is 0.0499 e. The molecular formula is C18H30O. The third kappa shape index (κ3) is 1.63. The van der Waals surface area contributed by atoms with E-state index in [1.54, 1.807) is 5.57 Å². The number of allylic oxidation sites excluding steroid dienone is 1. The second-order valence-corrected chi connectivity index (χ2v) is 8.35. The Bertz CT molecular complexity index is 415. The molecule has 0 aromatic carbocycles. The number of ether oxygens (including phenoxy) is 1. The molecule has 1 nitrogen and oxygen atoms in total. The molecule has 3 aliphatic rings. The lowest BCUT2D eigenvalue weighted by molar-refractivity contribution is 0.0827. The first-order chi connectivity index (χ1) is 8.85. The van der Waals surface area contributed by atoms with Gasteiger partial charge >= 0.3 is 0 Å². The summed E-state index contributed by atoms with van der Waals surface area (Å²) >= 11 is 0. The van der Waals surface area contributed by atoms with Crippen molar-refractivity contribution in [3.63, 3.8) is 0 Å². The molecular weight excluding hydrogens is 232 g/mol. The van der Waals surface area contributed by atoms with Gasteiger partial charge in [-0.2, -0.15) is 0 Å². The van der Waals surface area contributed by atoms with Gasteiger partial charge in [-0.1, -0.05) is 38.8 Å². The molecule has 2 atom stereocenters. The Morgan fingerprint density at radius 1 is 1.16 bits per heavy atom. The zero-order chi connectivity index (χ0) is 13.9. The van der Waals surface area contributed by atoms with Gasteiger partial charge in [0.25, 0.3) is 0 Å². The molecule has 2 fully saturated rings. The van der Waals surface area contributed by atoms with Crippen molar-refractivity contribution in [3.8, 4) is 0 Å². The molecule has 0 aromatic rings. The van der Waals surface area contributed by atoms with Crippen LogP contribution in [0.1, 0.15) is 66.2 Å². The minimum Gasteiger partial charge on any atom is -0.384 e. The fourth-order valence-electron chi connectivity index (χ4n) is 5.76. The van der Waals surface area contributed by atoms with Gasteiger partial charge in [0.15, 0.2) is 0 Å². The highest BCUT2D eigenvalue weighted by Gasteiger charge is 2.64. The molecule has 0 aromatic heterocycles. The van der Waals surface area contributed by atoms with Gasteiger partial charge in [-0.15, -0.1) is 0 Å². The maximum atomic E-state index is 5.36. The molecule has 2 bridgehead atoms. The van der Waals surface area contributed by atoms with E-state index in [1.807, 2.05) is 12.7 Å². The van der Waals surface area contributed by atoms with Gasteiger partial charge in [0.1, 0.15) is 0 Å². The molecule has 3 aliphatic carbocycles. The monoisotopic (exact) mass is 262 g/mol. The minimum absolute atomic E-state index is 0.443. The number of hydrogen-bond donors (Lipinski definition) is 0. The van der Waals surface area contributed by atoms with E-state index in [0.29, 0.717) is 16.2 Å². The van der Waals surface area contributed by atoms with Crippen LogP contribution >= 0.6 is 0 Å². The first-order valence-electron chi connectivity index (χ1n) is 8.07. The molecule has 3 rings (SSSR count). The standard InChI is InChI=1S/C18H30O/c1-16(2)9-6-13(8-11-19-5)15-17(3,4)14-7-10-18(15,16)12-14/h14H,6-12H2,1-5H3. The van der Waals surface area contributed by atoms with Crippen LogP contribution < -0.4 is 0 Å². The second-order valence-electron chi connectivity index (χ2n) is 8.35. The van der Waals surface area contributed by atoms with Gasteiger partial charge in [-0.3, -0.25) is 0 Å². The number of hydrogen-bond acceptors (Lipinski definition) is 1. The molecule has 0 N–H and O–H groups in total. The Balaban J connectivity index is 2.09. The van der Waals surface area contributed by atoms with Crippen LogP contribution in [-0.4, -0.2) is 13.7 Å². The van der Waals surface area contributed by atoms with E-state index in [-0.39, 0.29) is 0 Å². The van der Waals surface area contributed by atoms with Gasteiger partial charge < -0.3 is 4.74 Å². The van der Waals surface area contributed by atoms with Crippen molar-refractivity contribution >= 4 is 0 Å². The fourth-order valence-corrected chi connectivity index (χ4v) is 5.76. The van der Waals surface area contributed by atoms with Crippen LogP contribution in [0, 0.1) is 22.2 Å². The van der Waals surface area contributed by atoms with Crippen molar-refractivity contribution in [2.75, 3.05) is 13.7 Å². The lowest BCUT2D eigenvalue weighted by Gasteiger charge is -2.53. The Labute approximate surface area is 118 Å². The van der Waals surface area contributed by atoms with Crippen LogP contribution in [0.5, 0.6) is 0 Å². The summed E-state index contributed by atoms with van der Waals surface area (Å²) in [5.41, 5.74) is 5.10. The van der Waals surface area contributed by atoms with Crippen LogP contribution in [0.25, 0.3) is 0 Å². The van der Waals surface area contributed by atoms with E-state index in [4.69, 9.17) is 4.74 Å². The van der Waals surface area contributed by atoms with E-state index >= 15 is 0 Å². The molecule has 19 heavy (non-hydrogen) atoms. The maximum absolute atomic E-state index is 5.36. The Morgan fingerprint density at radius 2 is 1.89 bits per heavy atom. The van der Waals surface area contributed by atoms with Gasteiger partial charge in [-0.05, 0) is 60.7 Å². The van der Waals surface area contributed by atoms with Gasteiger partial charge in [-0.25, -0.2) is 0 Å². The first-order valence-corrected chi connectivity index (χ1v) is 8.07. The molecule has 0 heterocycles. The molecule has 0 amide bonds. The van der Waals surface area contributed by atoms with E-state index in [1.165, 1.54) is 38.5 Å². The van der Waals surface area contributed by atoms with Crippen LogP contribution in [0.2, 0.25) is 0 Å². The molecule has 2 saturated carbocycles. The van der Waals surface area contributed by atoms with Crippen molar-refractivity contribution < 1.29 is 4.74 Å². The van der Waals surface area contributed by atoms with E-state index < -0.39 is 0 Å². The van der Waals surface area contributed by atoms with Crippen molar-refractivity contribution in [3.05, 3.63) is 11.1 Å². The van der Waals surface area contributed by atoms with E-state index in [2.05, 4.69) is 27.7 Å². The average molecular weight is 262 g/mol. The van der Waals surface area contributed by atoms with Crippen LogP contribution in [0.4, 0.5) is 0 Å². The highest BCUT2D eigenvalue weighted by atomic mass is 16.5. The molecule has 1 spiro atoms. The zero-order valence-electron chi connectivity index (χ0n) is 13.4. The number of methoxy groups -OCH3 is 1. The van der Waals surface area contributed by atoms with Gasteiger partial charge in [0.05, 0.1) is 0 Å². The summed E-state index contributed by atoms with van der Waals surface area (Å²) in [6, 6.07) is 0. The first kappa shape index (κ1) is 13.7. The van der Waals surface area contributed by atoms with E-state index in [0.717, 1.165) is 12.5 Å². The fraction of sp³-hybridized carbons (Fsp3) is 0.889. The lowest BCUT2D eigenvalue weighted by Crippen LogP contribution is -2.43. The summed E-state index contributed by atoms with van der Waals surface area (Å²) < 4.78 is 5.36. The summed E-state index contributed by atoms with van der Waals surface area (Å²) in [4.78, 5) is 0. The highest BCUT2D eigenvalue weighted by molar-refractivity contribution is 5.41. The number of fused-ring (bicyclic) bond motifs is 1. The van der Waals surface area contributed by atoms with Crippen LogP contribution in [-0.2, 0) is 4.74 Å². The summed E-state index contributed by atoms with van der Waals surface area (Å²) in [5.74, 6) is 0.928. The summed E-state index contributed by atoms with van der Waals surface area (Å²) in [6.07, 6.45) is 8.21. The summed E-state index contributed by atoms with van der Waals surface area (Å²) in [6.45, 7) is 11.0. The lowest BCUT2D eigenvalue weighted by atomic mass is 9.52. The molecule has 0 radical (unpaired) electrons.